The van der Waals surface area contributed by atoms with Gasteiger partial charge in [-0.05, 0) is 68.9 Å². The van der Waals surface area contributed by atoms with Gasteiger partial charge in [0.25, 0.3) is 0 Å². The van der Waals surface area contributed by atoms with Crippen molar-refractivity contribution in [3.8, 4) is 5.75 Å². The molecule has 2 heterocycles. The Morgan fingerprint density at radius 1 is 1.30 bits per heavy atom. The number of carbonyl (C=O) groups is 2. The average molecular weight is 561 g/mol. The van der Waals surface area contributed by atoms with Crippen LogP contribution in [0.15, 0.2) is 36.0 Å². The normalized spacial score (nSPS) is 12.6. The van der Waals surface area contributed by atoms with E-state index in [1.165, 1.54) is 23.1 Å². The summed E-state index contributed by atoms with van der Waals surface area (Å²) in [5, 5.41) is 13.3. The molecule has 3 aromatic rings. The highest BCUT2D eigenvalue weighted by Gasteiger charge is 2.27. The number of fused-ring (bicyclic) bond motifs is 1. The molecule has 0 bridgehead atoms. The summed E-state index contributed by atoms with van der Waals surface area (Å²) >= 11 is 8.83. The number of halogens is 1. The van der Waals surface area contributed by atoms with Crippen molar-refractivity contribution in [3.05, 3.63) is 63.3 Å². The van der Waals surface area contributed by atoms with Crippen molar-refractivity contribution in [1.29, 1.82) is 0 Å². The number of aryl methyl sites for hydroxylation is 2. The second-order valence-corrected chi connectivity index (χ2v) is 10.9. The third kappa shape index (κ3) is 6.55. The second kappa shape index (κ2) is 12.6. The molecular weight excluding hydrogens is 532 g/mol. The summed E-state index contributed by atoms with van der Waals surface area (Å²) in [6.07, 6.45) is 5.60. The maximum atomic E-state index is 12.9. The molecule has 0 spiro atoms. The topological polar surface area (TPSA) is 95.3 Å². The molecule has 0 unspecified atom stereocenters. The molecule has 1 N–H and O–H groups in total. The third-order valence-corrected chi connectivity index (χ3v) is 8.44. The van der Waals surface area contributed by atoms with E-state index in [0.29, 0.717) is 38.9 Å². The van der Waals surface area contributed by atoms with E-state index in [4.69, 9.17) is 21.1 Å². The van der Waals surface area contributed by atoms with Crippen LogP contribution in [0.1, 0.15) is 52.0 Å². The molecule has 1 aliphatic carbocycles. The van der Waals surface area contributed by atoms with Crippen LogP contribution in [-0.4, -0.2) is 39.0 Å². The van der Waals surface area contributed by atoms with Crippen LogP contribution in [0.4, 0.5) is 5.00 Å². The van der Waals surface area contributed by atoms with Crippen molar-refractivity contribution in [2.45, 2.75) is 57.8 Å². The van der Waals surface area contributed by atoms with Crippen LogP contribution in [0.3, 0.4) is 0 Å². The lowest BCUT2D eigenvalue weighted by molar-refractivity contribution is -0.113. The van der Waals surface area contributed by atoms with Gasteiger partial charge in [0, 0.05) is 16.4 Å². The lowest BCUT2D eigenvalue weighted by Gasteiger charge is -2.12. The monoisotopic (exact) mass is 560 g/mol. The third-order valence-electron chi connectivity index (χ3n) is 5.84. The number of benzene rings is 1. The van der Waals surface area contributed by atoms with Gasteiger partial charge in [0.2, 0.25) is 5.91 Å². The van der Waals surface area contributed by atoms with Gasteiger partial charge < -0.3 is 14.8 Å². The minimum absolute atomic E-state index is 0.108. The Kier molecular flexibility index (Phi) is 9.28. The van der Waals surface area contributed by atoms with Gasteiger partial charge in [-0.15, -0.1) is 28.1 Å². The number of aromatic nitrogens is 3. The molecule has 0 aliphatic heterocycles. The number of nitrogens with one attached hydrogen (secondary N) is 1. The van der Waals surface area contributed by atoms with Crippen LogP contribution >= 0.6 is 34.7 Å². The van der Waals surface area contributed by atoms with Crippen LogP contribution in [-0.2, 0) is 35.5 Å². The largest absolute Gasteiger partial charge is 0.486 e. The number of allylic oxidation sites excluding steroid dienone is 1. The smallest absolute Gasteiger partial charge is 0.341 e. The Morgan fingerprint density at radius 3 is 2.86 bits per heavy atom. The first-order chi connectivity index (χ1) is 17.9. The number of ether oxygens (including phenoxy) is 2. The maximum Gasteiger partial charge on any atom is 0.341 e. The van der Waals surface area contributed by atoms with Gasteiger partial charge in [0.15, 0.2) is 11.0 Å². The molecule has 196 valence electrons. The van der Waals surface area contributed by atoms with Crippen molar-refractivity contribution in [2.75, 3.05) is 17.7 Å². The molecule has 0 saturated heterocycles. The Balaban J connectivity index is 1.42. The first-order valence-corrected chi connectivity index (χ1v) is 14.3. The zero-order chi connectivity index (χ0) is 26.4. The summed E-state index contributed by atoms with van der Waals surface area (Å²) in [5.74, 6) is 0.801. The fourth-order valence-corrected chi connectivity index (χ4v) is 6.24. The number of hydrogen-bond donors (Lipinski definition) is 1. The standard InChI is InChI=1S/C26H29ClN4O4S2/c1-4-12-31-21(14-35-17-10-11-19(27)16(3)13-17)29-30-26(31)36-15-22(32)28-24-23(25(33)34-5-2)18-8-6-7-9-20(18)37-24/h4,10-11,13H,1,5-9,12,14-15H2,2-3H3,(H,28,32). The molecule has 0 radical (unpaired) electrons. The first-order valence-electron chi connectivity index (χ1n) is 12.1. The lowest BCUT2D eigenvalue weighted by Crippen LogP contribution is -2.17. The molecule has 1 aromatic carbocycles. The first kappa shape index (κ1) is 27.2. The van der Waals surface area contributed by atoms with Crippen LogP contribution in [0, 0.1) is 6.92 Å². The number of hydrogen-bond acceptors (Lipinski definition) is 8. The quantitative estimate of drug-likeness (QED) is 0.178. The molecule has 11 heteroatoms. The van der Waals surface area contributed by atoms with Gasteiger partial charge in [-0.2, -0.15) is 0 Å². The van der Waals surface area contributed by atoms with Gasteiger partial charge in [0.05, 0.1) is 17.9 Å². The number of esters is 1. The van der Waals surface area contributed by atoms with Gasteiger partial charge in [-0.3, -0.25) is 9.36 Å². The van der Waals surface area contributed by atoms with Crippen molar-refractivity contribution >= 4 is 51.6 Å². The number of nitrogens with zero attached hydrogens (tertiary/aromatic N) is 3. The lowest BCUT2D eigenvalue weighted by atomic mass is 9.95. The summed E-state index contributed by atoms with van der Waals surface area (Å²) in [6, 6.07) is 5.46. The second-order valence-electron chi connectivity index (χ2n) is 8.47. The molecule has 0 atom stereocenters. The minimum atomic E-state index is -0.379. The molecule has 37 heavy (non-hydrogen) atoms. The van der Waals surface area contributed by atoms with Gasteiger partial charge >= 0.3 is 5.97 Å². The molecule has 0 saturated carbocycles. The SMILES string of the molecule is C=CCn1c(COc2ccc(Cl)c(C)c2)nnc1SCC(=O)Nc1sc2c(c1C(=O)OCC)CCCC2. The van der Waals surface area contributed by atoms with Crippen molar-refractivity contribution in [2.24, 2.45) is 0 Å². The minimum Gasteiger partial charge on any atom is -0.486 e. The summed E-state index contributed by atoms with van der Waals surface area (Å²) < 4.78 is 13.0. The molecular formula is C26H29ClN4O4S2. The van der Waals surface area contributed by atoms with Crippen molar-refractivity contribution in [1.82, 2.24) is 14.8 Å². The van der Waals surface area contributed by atoms with E-state index in [0.717, 1.165) is 41.7 Å². The molecule has 4 rings (SSSR count). The summed E-state index contributed by atoms with van der Waals surface area (Å²) in [5.41, 5.74) is 2.45. The molecule has 1 amide bonds. The number of rotatable bonds is 11. The highest BCUT2D eigenvalue weighted by molar-refractivity contribution is 7.99. The van der Waals surface area contributed by atoms with E-state index in [1.807, 2.05) is 17.6 Å². The van der Waals surface area contributed by atoms with Crippen LogP contribution < -0.4 is 10.1 Å². The predicted molar refractivity (Wildman–Crippen MR) is 147 cm³/mol. The molecule has 8 nitrogen and oxygen atoms in total. The highest BCUT2D eigenvalue weighted by atomic mass is 35.5. The number of anilines is 1. The number of amides is 1. The van der Waals surface area contributed by atoms with E-state index in [9.17, 15) is 9.59 Å². The molecule has 2 aromatic heterocycles. The van der Waals surface area contributed by atoms with Crippen LogP contribution in [0.5, 0.6) is 5.75 Å². The zero-order valence-corrected chi connectivity index (χ0v) is 23.2. The van der Waals surface area contributed by atoms with E-state index in [2.05, 4.69) is 22.1 Å². The van der Waals surface area contributed by atoms with E-state index in [1.54, 1.807) is 25.1 Å². The number of thiophene rings is 1. The van der Waals surface area contributed by atoms with Crippen LogP contribution in [0.2, 0.25) is 5.02 Å². The summed E-state index contributed by atoms with van der Waals surface area (Å²) in [6.45, 7) is 8.48. The van der Waals surface area contributed by atoms with Gasteiger partial charge in [-0.25, -0.2) is 4.79 Å². The fraction of sp³-hybridized carbons (Fsp3) is 0.385. The van der Waals surface area contributed by atoms with E-state index < -0.39 is 0 Å². The van der Waals surface area contributed by atoms with Crippen molar-refractivity contribution in [3.63, 3.8) is 0 Å². The van der Waals surface area contributed by atoms with E-state index in [-0.39, 0.29) is 30.8 Å². The Morgan fingerprint density at radius 2 is 2.11 bits per heavy atom. The Labute approximate surface area is 229 Å². The number of carbonyl (C=O) groups excluding carboxylic acids is 2. The van der Waals surface area contributed by atoms with E-state index >= 15 is 0 Å². The summed E-state index contributed by atoms with van der Waals surface area (Å²) in [7, 11) is 0. The fourth-order valence-electron chi connectivity index (χ4n) is 4.07. The molecule has 1 aliphatic rings. The Bertz CT molecular complexity index is 1300. The average Bonchev–Trinajstić information content (AvgIpc) is 3.44. The summed E-state index contributed by atoms with van der Waals surface area (Å²) in [4.78, 5) is 26.7. The maximum absolute atomic E-state index is 12.9. The Hall–Kier alpha value is -2.82. The number of thioether (sulfide) groups is 1. The van der Waals surface area contributed by atoms with Crippen LogP contribution in [0.25, 0.3) is 0 Å². The zero-order valence-electron chi connectivity index (χ0n) is 20.8. The highest BCUT2D eigenvalue weighted by Crippen LogP contribution is 2.38. The predicted octanol–water partition coefficient (Wildman–Crippen LogP) is 5.85. The van der Waals surface area contributed by atoms with Crippen molar-refractivity contribution < 1.29 is 19.1 Å². The van der Waals surface area contributed by atoms with Gasteiger partial charge in [-0.1, -0.05) is 29.4 Å². The van der Waals surface area contributed by atoms with Gasteiger partial charge in [0.1, 0.15) is 17.4 Å². The molecule has 0 fully saturated rings.